The van der Waals surface area contributed by atoms with Gasteiger partial charge in [0.25, 0.3) is 0 Å². The molecule has 0 spiro atoms. The summed E-state index contributed by atoms with van der Waals surface area (Å²) in [6.07, 6.45) is 6.92. The summed E-state index contributed by atoms with van der Waals surface area (Å²) in [5.74, 6) is 0.609. The maximum Gasteiger partial charge on any atom is 0.223 e. The van der Waals surface area contributed by atoms with Gasteiger partial charge in [0.05, 0.1) is 0 Å². The Morgan fingerprint density at radius 3 is 2.62 bits per heavy atom. The average Bonchev–Trinajstić information content (AvgIpc) is 2.55. The molecule has 1 amide bonds. The molecule has 0 aromatic carbocycles. The Labute approximate surface area is 81.1 Å². The topological polar surface area (TPSA) is 29.1 Å². The van der Waals surface area contributed by atoms with E-state index >= 15 is 0 Å². The van der Waals surface area contributed by atoms with Crippen molar-refractivity contribution in [3.05, 3.63) is 0 Å². The lowest BCUT2D eigenvalue weighted by Crippen LogP contribution is -2.36. The second-order valence-electron chi connectivity index (χ2n) is 4.18. The number of rotatable bonds is 4. The van der Waals surface area contributed by atoms with Crippen LogP contribution in [0.3, 0.4) is 0 Å². The van der Waals surface area contributed by atoms with Crippen molar-refractivity contribution in [2.75, 3.05) is 0 Å². The minimum atomic E-state index is 0.290. The molecular weight excluding hydrogens is 162 g/mol. The van der Waals surface area contributed by atoms with Crippen LogP contribution in [-0.4, -0.2) is 11.9 Å². The Hall–Kier alpha value is -0.530. The molecule has 2 nitrogen and oxygen atoms in total. The molecule has 2 heteroatoms. The van der Waals surface area contributed by atoms with Crippen molar-refractivity contribution in [2.24, 2.45) is 5.92 Å². The van der Waals surface area contributed by atoms with Crippen molar-refractivity contribution in [3.63, 3.8) is 0 Å². The van der Waals surface area contributed by atoms with Gasteiger partial charge < -0.3 is 5.32 Å². The quantitative estimate of drug-likeness (QED) is 0.712. The van der Waals surface area contributed by atoms with Gasteiger partial charge >= 0.3 is 0 Å². The maximum atomic E-state index is 11.6. The summed E-state index contributed by atoms with van der Waals surface area (Å²) < 4.78 is 0. The third-order valence-electron chi connectivity index (χ3n) is 2.84. The van der Waals surface area contributed by atoms with Crippen LogP contribution in [0.4, 0.5) is 0 Å². The second kappa shape index (κ2) is 5.25. The van der Waals surface area contributed by atoms with Crippen molar-refractivity contribution in [1.82, 2.24) is 5.32 Å². The minimum Gasteiger partial charge on any atom is -0.353 e. The minimum absolute atomic E-state index is 0.290. The van der Waals surface area contributed by atoms with E-state index in [0.717, 1.165) is 25.7 Å². The molecule has 1 atom stereocenters. The highest BCUT2D eigenvalue weighted by Gasteiger charge is 2.23. The molecule has 1 aliphatic rings. The van der Waals surface area contributed by atoms with E-state index in [1.54, 1.807) is 0 Å². The molecule has 0 bridgehead atoms. The van der Waals surface area contributed by atoms with E-state index in [0.29, 0.717) is 17.9 Å². The number of amides is 1. The zero-order chi connectivity index (χ0) is 9.68. The van der Waals surface area contributed by atoms with Crippen LogP contribution >= 0.6 is 0 Å². The standard InChI is InChI=1S/C11H21NO/c1-3-6-9(2)12-11(13)10-7-4-5-8-10/h9-10H,3-8H2,1-2H3,(H,12,13). The van der Waals surface area contributed by atoms with Gasteiger partial charge in [0.15, 0.2) is 0 Å². The molecular formula is C11H21NO. The molecule has 76 valence electrons. The first-order valence-corrected chi connectivity index (χ1v) is 5.54. The van der Waals surface area contributed by atoms with Gasteiger partial charge in [-0.3, -0.25) is 4.79 Å². The highest BCUT2D eigenvalue weighted by atomic mass is 16.1. The van der Waals surface area contributed by atoms with Crippen LogP contribution in [-0.2, 0) is 4.79 Å². The molecule has 0 aliphatic heterocycles. The number of hydrogen-bond donors (Lipinski definition) is 1. The maximum absolute atomic E-state index is 11.6. The van der Waals surface area contributed by atoms with E-state index in [4.69, 9.17) is 0 Å². The van der Waals surface area contributed by atoms with Crippen molar-refractivity contribution in [1.29, 1.82) is 0 Å². The van der Waals surface area contributed by atoms with Crippen LogP contribution in [0.15, 0.2) is 0 Å². The smallest absolute Gasteiger partial charge is 0.223 e. The molecule has 0 saturated heterocycles. The monoisotopic (exact) mass is 183 g/mol. The molecule has 1 fully saturated rings. The fourth-order valence-corrected chi connectivity index (χ4v) is 2.05. The summed E-state index contributed by atoms with van der Waals surface area (Å²) in [5, 5.41) is 3.08. The summed E-state index contributed by atoms with van der Waals surface area (Å²) in [6.45, 7) is 4.24. The first-order valence-electron chi connectivity index (χ1n) is 5.54. The van der Waals surface area contributed by atoms with Crippen molar-refractivity contribution in [2.45, 2.75) is 58.4 Å². The lowest BCUT2D eigenvalue weighted by Gasteiger charge is -2.15. The molecule has 0 aromatic heterocycles. The molecule has 1 rings (SSSR count). The fourth-order valence-electron chi connectivity index (χ4n) is 2.05. The average molecular weight is 183 g/mol. The van der Waals surface area contributed by atoms with Crippen LogP contribution in [0.1, 0.15) is 52.4 Å². The van der Waals surface area contributed by atoms with E-state index in [1.165, 1.54) is 12.8 Å². The number of carbonyl (C=O) groups excluding carboxylic acids is 1. The molecule has 1 N–H and O–H groups in total. The van der Waals surface area contributed by atoms with E-state index < -0.39 is 0 Å². The highest BCUT2D eigenvalue weighted by molar-refractivity contribution is 5.79. The van der Waals surface area contributed by atoms with Gasteiger partial charge in [-0.05, 0) is 26.2 Å². The summed E-state index contributed by atoms with van der Waals surface area (Å²) in [7, 11) is 0. The lowest BCUT2D eigenvalue weighted by molar-refractivity contribution is -0.125. The molecule has 1 aliphatic carbocycles. The number of carbonyl (C=O) groups is 1. The van der Waals surface area contributed by atoms with Gasteiger partial charge in [0.2, 0.25) is 5.91 Å². The Kier molecular flexibility index (Phi) is 4.26. The van der Waals surface area contributed by atoms with Crippen LogP contribution in [0.25, 0.3) is 0 Å². The zero-order valence-electron chi connectivity index (χ0n) is 8.81. The lowest BCUT2D eigenvalue weighted by atomic mass is 10.1. The predicted octanol–water partition coefficient (Wildman–Crippen LogP) is 2.48. The van der Waals surface area contributed by atoms with Crippen LogP contribution < -0.4 is 5.32 Å². The third kappa shape index (κ3) is 3.37. The zero-order valence-corrected chi connectivity index (χ0v) is 8.81. The Balaban J connectivity index is 2.23. The summed E-state index contributed by atoms with van der Waals surface area (Å²) >= 11 is 0. The van der Waals surface area contributed by atoms with Crippen LogP contribution in [0.5, 0.6) is 0 Å². The van der Waals surface area contributed by atoms with Crippen LogP contribution in [0.2, 0.25) is 0 Å². The van der Waals surface area contributed by atoms with Gasteiger partial charge in [-0.15, -0.1) is 0 Å². The second-order valence-corrected chi connectivity index (χ2v) is 4.18. The van der Waals surface area contributed by atoms with Crippen molar-refractivity contribution < 1.29 is 4.79 Å². The van der Waals surface area contributed by atoms with Gasteiger partial charge in [-0.2, -0.15) is 0 Å². The van der Waals surface area contributed by atoms with Gasteiger partial charge in [0.1, 0.15) is 0 Å². The Morgan fingerprint density at radius 1 is 1.46 bits per heavy atom. The summed E-state index contributed by atoms with van der Waals surface area (Å²) in [6, 6.07) is 0.359. The molecule has 0 radical (unpaired) electrons. The summed E-state index contributed by atoms with van der Waals surface area (Å²) in [4.78, 5) is 11.6. The van der Waals surface area contributed by atoms with Gasteiger partial charge in [-0.1, -0.05) is 26.2 Å². The largest absolute Gasteiger partial charge is 0.353 e. The van der Waals surface area contributed by atoms with Gasteiger partial charge in [-0.25, -0.2) is 0 Å². The Bertz CT molecular complexity index is 161. The molecule has 13 heavy (non-hydrogen) atoms. The normalized spacial score (nSPS) is 20.2. The van der Waals surface area contributed by atoms with Gasteiger partial charge in [0, 0.05) is 12.0 Å². The van der Waals surface area contributed by atoms with E-state index in [-0.39, 0.29) is 0 Å². The molecule has 0 aromatic rings. The fraction of sp³-hybridized carbons (Fsp3) is 0.909. The Morgan fingerprint density at radius 2 is 2.08 bits per heavy atom. The van der Waals surface area contributed by atoms with Crippen molar-refractivity contribution >= 4 is 5.91 Å². The van der Waals surface area contributed by atoms with E-state index in [1.807, 2.05) is 0 Å². The van der Waals surface area contributed by atoms with E-state index in [9.17, 15) is 4.79 Å². The van der Waals surface area contributed by atoms with E-state index in [2.05, 4.69) is 19.2 Å². The SMILES string of the molecule is CCCC(C)NC(=O)C1CCCC1. The predicted molar refractivity (Wildman–Crippen MR) is 54.5 cm³/mol. The molecule has 0 heterocycles. The molecule has 1 saturated carbocycles. The first-order chi connectivity index (χ1) is 6.24. The molecule has 1 unspecified atom stereocenters. The summed E-state index contributed by atoms with van der Waals surface area (Å²) in [5.41, 5.74) is 0. The first kappa shape index (κ1) is 10.6. The van der Waals surface area contributed by atoms with Crippen molar-refractivity contribution in [3.8, 4) is 0 Å². The number of hydrogen-bond acceptors (Lipinski definition) is 1. The van der Waals surface area contributed by atoms with Crippen LogP contribution in [0, 0.1) is 5.92 Å². The number of nitrogens with one attached hydrogen (secondary N) is 1. The third-order valence-corrected chi connectivity index (χ3v) is 2.84. The highest BCUT2D eigenvalue weighted by Crippen LogP contribution is 2.24.